The summed E-state index contributed by atoms with van der Waals surface area (Å²) < 4.78 is 1.03. The lowest BCUT2D eigenvalue weighted by molar-refractivity contribution is 1.04. The van der Waals surface area contributed by atoms with E-state index < -0.39 is 0 Å². The van der Waals surface area contributed by atoms with E-state index in [2.05, 4.69) is 32.0 Å². The number of nitrogens with two attached hydrogens (primary N) is 1. The van der Waals surface area contributed by atoms with Gasteiger partial charge >= 0.3 is 0 Å². The SMILES string of the molecule is NCc1cc(Br)cc(Sc2ccncn2)c1. The van der Waals surface area contributed by atoms with E-state index in [0.29, 0.717) is 6.54 Å². The Balaban J connectivity index is 2.24. The zero-order chi connectivity index (χ0) is 11.4. The molecule has 0 amide bonds. The lowest BCUT2D eigenvalue weighted by Crippen LogP contribution is -1.96. The fourth-order valence-corrected chi connectivity index (χ4v) is 2.82. The van der Waals surface area contributed by atoms with E-state index in [0.717, 1.165) is 20.0 Å². The van der Waals surface area contributed by atoms with Crippen LogP contribution < -0.4 is 5.73 Å². The molecule has 0 atom stereocenters. The Bertz CT molecular complexity index is 476. The van der Waals surface area contributed by atoms with Crippen molar-refractivity contribution in [3.63, 3.8) is 0 Å². The number of benzene rings is 1. The summed E-state index contributed by atoms with van der Waals surface area (Å²) in [6.07, 6.45) is 3.28. The zero-order valence-electron chi connectivity index (χ0n) is 8.43. The molecule has 2 aromatic rings. The monoisotopic (exact) mass is 295 g/mol. The minimum Gasteiger partial charge on any atom is -0.326 e. The molecule has 2 N–H and O–H groups in total. The molecule has 0 saturated heterocycles. The van der Waals surface area contributed by atoms with Crippen LogP contribution in [-0.4, -0.2) is 9.97 Å². The Kier molecular flexibility index (Phi) is 3.93. The molecular weight excluding hydrogens is 286 g/mol. The molecule has 0 unspecified atom stereocenters. The average molecular weight is 296 g/mol. The molecule has 3 nitrogen and oxygen atoms in total. The van der Waals surface area contributed by atoms with Crippen LogP contribution in [0.4, 0.5) is 0 Å². The van der Waals surface area contributed by atoms with Crippen LogP contribution in [0.3, 0.4) is 0 Å². The predicted octanol–water partition coefficient (Wildman–Crippen LogP) is 2.85. The Morgan fingerprint density at radius 3 is 2.88 bits per heavy atom. The smallest absolute Gasteiger partial charge is 0.116 e. The first-order valence-corrected chi connectivity index (χ1v) is 6.32. The van der Waals surface area contributed by atoms with Gasteiger partial charge in [-0.15, -0.1) is 0 Å². The molecule has 16 heavy (non-hydrogen) atoms. The highest BCUT2D eigenvalue weighted by Gasteiger charge is 2.01. The Hall–Kier alpha value is -0.910. The molecule has 82 valence electrons. The van der Waals surface area contributed by atoms with Crippen molar-refractivity contribution >= 4 is 27.7 Å². The van der Waals surface area contributed by atoms with Crippen molar-refractivity contribution in [1.82, 2.24) is 9.97 Å². The molecule has 0 saturated carbocycles. The van der Waals surface area contributed by atoms with Crippen LogP contribution in [0, 0.1) is 0 Å². The molecule has 0 aliphatic heterocycles. The first-order valence-electron chi connectivity index (χ1n) is 4.71. The van der Waals surface area contributed by atoms with E-state index in [1.165, 1.54) is 0 Å². The molecule has 0 bridgehead atoms. The average Bonchev–Trinajstić information content (AvgIpc) is 2.29. The summed E-state index contributed by atoms with van der Waals surface area (Å²) in [6.45, 7) is 0.538. The van der Waals surface area contributed by atoms with Gasteiger partial charge in [-0.25, -0.2) is 9.97 Å². The number of halogens is 1. The largest absolute Gasteiger partial charge is 0.326 e. The highest BCUT2D eigenvalue weighted by molar-refractivity contribution is 9.10. The summed E-state index contributed by atoms with van der Waals surface area (Å²) in [5.74, 6) is 0. The molecule has 0 spiro atoms. The van der Waals surface area contributed by atoms with Crippen LogP contribution in [0.5, 0.6) is 0 Å². The highest BCUT2D eigenvalue weighted by atomic mass is 79.9. The van der Waals surface area contributed by atoms with Crippen LogP contribution in [0.2, 0.25) is 0 Å². The Labute approximate surface area is 107 Å². The number of hydrogen-bond acceptors (Lipinski definition) is 4. The molecule has 0 fully saturated rings. The lowest BCUT2D eigenvalue weighted by atomic mass is 10.2. The van der Waals surface area contributed by atoms with Crippen LogP contribution in [0.25, 0.3) is 0 Å². The molecule has 1 heterocycles. The van der Waals surface area contributed by atoms with Crippen LogP contribution >= 0.6 is 27.7 Å². The third-order valence-corrected chi connectivity index (χ3v) is 3.32. The summed E-state index contributed by atoms with van der Waals surface area (Å²) in [7, 11) is 0. The van der Waals surface area contributed by atoms with Gasteiger partial charge in [-0.1, -0.05) is 27.7 Å². The number of aromatic nitrogens is 2. The van der Waals surface area contributed by atoms with Crippen molar-refractivity contribution in [3.05, 3.63) is 46.8 Å². The summed E-state index contributed by atoms with van der Waals surface area (Å²) in [4.78, 5) is 9.17. The molecule has 5 heteroatoms. The van der Waals surface area contributed by atoms with E-state index in [1.807, 2.05) is 18.2 Å². The molecule has 1 aromatic heterocycles. The third kappa shape index (κ3) is 3.04. The van der Waals surface area contributed by atoms with Gasteiger partial charge < -0.3 is 5.73 Å². The number of nitrogens with zero attached hydrogens (tertiary/aromatic N) is 2. The first kappa shape index (κ1) is 11.6. The minimum atomic E-state index is 0.538. The topological polar surface area (TPSA) is 51.8 Å². The van der Waals surface area contributed by atoms with Gasteiger partial charge in [0.15, 0.2) is 0 Å². The van der Waals surface area contributed by atoms with Gasteiger partial charge in [0.1, 0.15) is 11.4 Å². The summed E-state index contributed by atoms with van der Waals surface area (Å²) in [5, 5.41) is 0.927. The molecule has 0 aliphatic carbocycles. The normalized spacial score (nSPS) is 10.4. The molecule has 0 radical (unpaired) electrons. The summed E-state index contributed by atoms with van der Waals surface area (Å²) >= 11 is 5.06. The molecule has 2 rings (SSSR count). The fraction of sp³-hybridized carbons (Fsp3) is 0.0909. The van der Waals surface area contributed by atoms with E-state index in [-0.39, 0.29) is 0 Å². The maximum Gasteiger partial charge on any atom is 0.116 e. The maximum absolute atomic E-state index is 5.63. The van der Waals surface area contributed by atoms with Crippen molar-refractivity contribution < 1.29 is 0 Å². The highest BCUT2D eigenvalue weighted by Crippen LogP contribution is 2.28. The van der Waals surface area contributed by atoms with Gasteiger partial charge in [0.05, 0.1) is 0 Å². The van der Waals surface area contributed by atoms with Gasteiger partial charge in [0, 0.05) is 22.1 Å². The number of hydrogen-bond donors (Lipinski definition) is 1. The van der Waals surface area contributed by atoms with Crippen molar-refractivity contribution in [2.75, 3.05) is 0 Å². The van der Waals surface area contributed by atoms with E-state index >= 15 is 0 Å². The summed E-state index contributed by atoms with van der Waals surface area (Å²) in [6, 6.07) is 8.02. The van der Waals surface area contributed by atoms with Crippen molar-refractivity contribution in [1.29, 1.82) is 0 Å². The standard InChI is InChI=1S/C11H10BrN3S/c12-9-3-8(6-13)4-10(5-9)16-11-1-2-14-7-15-11/h1-5,7H,6,13H2. The van der Waals surface area contributed by atoms with Gasteiger partial charge in [0.25, 0.3) is 0 Å². The maximum atomic E-state index is 5.63. The summed E-state index contributed by atoms with van der Waals surface area (Å²) in [5.41, 5.74) is 6.73. The van der Waals surface area contributed by atoms with E-state index in [4.69, 9.17) is 5.73 Å². The van der Waals surface area contributed by atoms with Gasteiger partial charge in [-0.05, 0) is 29.8 Å². The fourth-order valence-electron chi connectivity index (χ4n) is 1.26. The Morgan fingerprint density at radius 2 is 2.19 bits per heavy atom. The predicted molar refractivity (Wildman–Crippen MR) is 68.2 cm³/mol. The molecule has 0 aliphatic rings. The third-order valence-electron chi connectivity index (χ3n) is 1.94. The van der Waals surface area contributed by atoms with Crippen LogP contribution in [0.15, 0.2) is 51.2 Å². The van der Waals surface area contributed by atoms with Gasteiger partial charge in [-0.2, -0.15) is 0 Å². The number of rotatable bonds is 3. The van der Waals surface area contributed by atoms with Crippen molar-refractivity contribution in [2.45, 2.75) is 16.5 Å². The van der Waals surface area contributed by atoms with Crippen molar-refractivity contribution in [2.24, 2.45) is 5.73 Å². The zero-order valence-corrected chi connectivity index (χ0v) is 10.8. The molecular formula is C11H10BrN3S. The molecule has 1 aromatic carbocycles. The second kappa shape index (κ2) is 5.43. The van der Waals surface area contributed by atoms with Crippen molar-refractivity contribution in [3.8, 4) is 0 Å². The Morgan fingerprint density at radius 1 is 1.31 bits per heavy atom. The first-order chi connectivity index (χ1) is 7.78. The second-order valence-corrected chi connectivity index (χ2v) is 5.16. The van der Waals surface area contributed by atoms with E-state index in [9.17, 15) is 0 Å². The quantitative estimate of drug-likeness (QED) is 0.885. The van der Waals surface area contributed by atoms with Gasteiger partial charge in [-0.3, -0.25) is 0 Å². The minimum absolute atomic E-state index is 0.538. The second-order valence-electron chi connectivity index (χ2n) is 3.15. The van der Waals surface area contributed by atoms with Crippen LogP contribution in [0.1, 0.15) is 5.56 Å². The lowest BCUT2D eigenvalue weighted by Gasteiger charge is -2.04. The van der Waals surface area contributed by atoms with Crippen LogP contribution in [-0.2, 0) is 6.54 Å². The van der Waals surface area contributed by atoms with Gasteiger partial charge in [0.2, 0.25) is 0 Å². The van der Waals surface area contributed by atoms with E-state index in [1.54, 1.807) is 24.3 Å².